The summed E-state index contributed by atoms with van der Waals surface area (Å²) in [6.07, 6.45) is 1.12. The van der Waals surface area contributed by atoms with E-state index in [1.807, 2.05) is 54.3 Å². The highest BCUT2D eigenvalue weighted by Crippen LogP contribution is 2.31. The zero-order valence-corrected chi connectivity index (χ0v) is 21.5. The molecular weight excluding hydrogens is 507 g/mol. The maximum absolute atomic E-state index is 14.2. The summed E-state index contributed by atoms with van der Waals surface area (Å²) in [6.45, 7) is 4.52. The van der Waals surface area contributed by atoms with Gasteiger partial charge in [-0.1, -0.05) is 29.8 Å². The highest BCUT2D eigenvalue weighted by atomic mass is 35.5. The smallest absolute Gasteiger partial charge is 0.270 e. The molecule has 1 saturated heterocycles. The number of aryl methyl sites for hydroxylation is 1. The highest BCUT2D eigenvalue weighted by molar-refractivity contribution is 6.31. The molecule has 0 atom stereocenters. The van der Waals surface area contributed by atoms with Crippen LogP contribution in [0.3, 0.4) is 0 Å². The van der Waals surface area contributed by atoms with Crippen LogP contribution in [0.4, 0.5) is 27.5 Å². The number of halogens is 2. The Morgan fingerprint density at radius 3 is 2.68 bits per heavy atom. The van der Waals surface area contributed by atoms with Gasteiger partial charge in [0, 0.05) is 29.5 Å². The lowest BCUT2D eigenvalue weighted by Gasteiger charge is -2.27. The number of morpholine rings is 1. The van der Waals surface area contributed by atoms with Gasteiger partial charge in [0.25, 0.3) is 5.95 Å². The van der Waals surface area contributed by atoms with Gasteiger partial charge in [0.15, 0.2) is 11.6 Å². The van der Waals surface area contributed by atoms with Crippen LogP contribution in [0.15, 0.2) is 77.1 Å². The van der Waals surface area contributed by atoms with E-state index in [1.165, 1.54) is 0 Å². The molecule has 194 valence electrons. The fourth-order valence-electron chi connectivity index (χ4n) is 4.20. The Morgan fingerprint density at radius 1 is 1.05 bits per heavy atom. The number of aromatic nitrogens is 2. The van der Waals surface area contributed by atoms with Gasteiger partial charge in [-0.05, 0) is 71.6 Å². The molecule has 4 aromatic rings. The summed E-state index contributed by atoms with van der Waals surface area (Å²) in [4.78, 5) is 10.0. The number of phenolic OH excluding ortho intramolecular Hbond substituents is 1. The van der Waals surface area contributed by atoms with E-state index in [4.69, 9.17) is 16.3 Å². The van der Waals surface area contributed by atoms with Crippen molar-refractivity contribution < 1.29 is 14.2 Å². The Hall–Kier alpha value is -4.08. The maximum atomic E-state index is 14.2. The molecule has 1 aliphatic rings. The van der Waals surface area contributed by atoms with Crippen molar-refractivity contribution in [2.24, 2.45) is 10.2 Å². The number of nitrogens with zero attached hydrogens (tertiary/aromatic N) is 5. The fraction of sp³-hybridized carbons (Fsp3) is 0.214. The number of anilines is 3. The van der Waals surface area contributed by atoms with Gasteiger partial charge in [-0.15, -0.1) is 5.11 Å². The normalized spacial score (nSPS) is 13.7. The van der Waals surface area contributed by atoms with Crippen LogP contribution in [0.1, 0.15) is 11.1 Å². The predicted octanol–water partition coefficient (Wildman–Crippen LogP) is 6.81. The summed E-state index contributed by atoms with van der Waals surface area (Å²) < 4.78 is 19.6. The predicted molar refractivity (Wildman–Crippen MR) is 146 cm³/mol. The SMILES string of the molecule is Cc1cc(Nc2cc(Cl)cc(-c3cccc(O)c3)c2)ccc1CN=Nc1ncc(F)c(N2CCOCC2)n1. The molecule has 8 nitrogen and oxygen atoms in total. The monoisotopic (exact) mass is 532 g/mol. The summed E-state index contributed by atoms with van der Waals surface area (Å²) in [6, 6.07) is 18.7. The molecule has 1 aromatic heterocycles. The topological polar surface area (TPSA) is 95.2 Å². The Balaban J connectivity index is 1.26. The molecule has 3 aromatic carbocycles. The summed E-state index contributed by atoms with van der Waals surface area (Å²) in [5, 5.41) is 22.2. The van der Waals surface area contributed by atoms with Gasteiger partial charge >= 0.3 is 0 Å². The number of hydrogen-bond donors (Lipinski definition) is 2. The van der Waals surface area contributed by atoms with Crippen LogP contribution < -0.4 is 10.2 Å². The van der Waals surface area contributed by atoms with E-state index in [0.717, 1.165) is 39.8 Å². The van der Waals surface area contributed by atoms with Gasteiger partial charge < -0.3 is 20.1 Å². The molecule has 0 spiro atoms. The van der Waals surface area contributed by atoms with E-state index < -0.39 is 5.82 Å². The van der Waals surface area contributed by atoms with Gasteiger partial charge in [0.05, 0.1) is 26.0 Å². The zero-order chi connectivity index (χ0) is 26.5. The van der Waals surface area contributed by atoms with Gasteiger partial charge in [0.2, 0.25) is 0 Å². The van der Waals surface area contributed by atoms with Gasteiger partial charge in [0.1, 0.15) is 5.75 Å². The summed E-state index contributed by atoms with van der Waals surface area (Å²) in [5.74, 6) is 0.0480. The van der Waals surface area contributed by atoms with Gasteiger partial charge in [-0.2, -0.15) is 10.1 Å². The van der Waals surface area contributed by atoms with Crippen molar-refractivity contribution in [3.8, 4) is 16.9 Å². The lowest BCUT2D eigenvalue weighted by atomic mass is 10.0. The van der Waals surface area contributed by atoms with Crippen molar-refractivity contribution in [3.05, 3.63) is 88.8 Å². The number of aromatic hydroxyl groups is 1. The molecule has 1 fully saturated rings. The average molecular weight is 533 g/mol. The van der Waals surface area contributed by atoms with Crippen molar-refractivity contribution in [2.45, 2.75) is 13.5 Å². The first kappa shape index (κ1) is 25.6. The number of phenols is 1. The number of ether oxygens (including phenoxy) is 1. The quantitative estimate of drug-likeness (QED) is 0.254. The molecule has 38 heavy (non-hydrogen) atoms. The van der Waals surface area contributed by atoms with Gasteiger partial charge in [-0.3, -0.25) is 0 Å². The molecule has 0 aliphatic carbocycles. The minimum Gasteiger partial charge on any atom is -0.508 e. The van der Waals surface area contributed by atoms with Crippen LogP contribution in [0.5, 0.6) is 5.75 Å². The fourth-order valence-corrected chi connectivity index (χ4v) is 4.44. The van der Waals surface area contributed by atoms with E-state index >= 15 is 0 Å². The molecule has 2 heterocycles. The highest BCUT2D eigenvalue weighted by Gasteiger charge is 2.17. The molecule has 2 N–H and O–H groups in total. The summed E-state index contributed by atoms with van der Waals surface area (Å²) in [7, 11) is 0. The van der Waals surface area contributed by atoms with E-state index in [9.17, 15) is 9.50 Å². The largest absolute Gasteiger partial charge is 0.508 e. The first-order chi connectivity index (χ1) is 18.4. The molecular formula is C28H26ClFN6O2. The minimum atomic E-state index is -0.487. The summed E-state index contributed by atoms with van der Waals surface area (Å²) in [5.41, 5.74) is 5.50. The van der Waals surface area contributed by atoms with Gasteiger partial charge in [-0.25, -0.2) is 9.37 Å². The second-order valence-corrected chi connectivity index (χ2v) is 9.32. The molecule has 5 rings (SSSR count). The summed E-state index contributed by atoms with van der Waals surface area (Å²) >= 11 is 6.37. The van der Waals surface area contributed by atoms with Crippen molar-refractivity contribution in [3.63, 3.8) is 0 Å². The number of hydrogen-bond acceptors (Lipinski definition) is 8. The van der Waals surface area contributed by atoms with Crippen molar-refractivity contribution in [1.29, 1.82) is 0 Å². The van der Waals surface area contributed by atoms with Crippen molar-refractivity contribution in [1.82, 2.24) is 9.97 Å². The van der Waals surface area contributed by atoms with Crippen molar-refractivity contribution in [2.75, 3.05) is 36.5 Å². The minimum absolute atomic E-state index is 0.118. The average Bonchev–Trinajstić information content (AvgIpc) is 2.91. The first-order valence-electron chi connectivity index (χ1n) is 12.1. The number of azo groups is 1. The van der Waals surface area contributed by atoms with E-state index in [0.29, 0.717) is 37.9 Å². The Bertz CT molecular complexity index is 1480. The molecule has 0 bridgehead atoms. The second kappa shape index (κ2) is 11.5. The second-order valence-electron chi connectivity index (χ2n) is 8.89. The van der Waals surface area contributed by atoms with Crippen LogP contribution in [0, 0.1) is 12.7 Å². The van der Waals surface area contributed by atoms with Crippen molar-refractivity contribution >= 4 is 34.7 Å². The Labute approximate surface area is 224 Å². The third kappa shape index (κ3) is 6.24. The number of rotatable bonds is 7. The van der Waals surface area contributed by atoms with Crippen LogP contribution in [-0.2, 0) is 11.3 Å². The zero-order valence-electron chi connectivity index (χ0n) is 20.7. The lowest BCUT2D eigenvalue weighted by molar-refractivity contribution is 0.122. The maximum Gasteiger partial charge on any atom is 0.270 e. The molecule has 10 heteroatoms. The number of benzene rings is 3. The number of nitrogens with one attached hydrogen (secondary N) is 1. The molecule has 0 radical (unpaired) electrons. The third-order valence-corrected chi connectivity index (χ3v) is 6.35. The van der Waals surface area contributed by atoms with Crippen LogP contribution >= 0.6 is 11.6 Å². The standard InChI is InChI=1S/C28H26ClFN6O2/c1-18-11-23(33-24-13-21(12-22(29)15-24)19-3-2-4-25(37)14-19)6-5-20(18)16-32-35-28-31-17-26(30)27(34-28)36-7-9-38-10-8-36/h2-6,11-15,17,33,37H,7-10,16H2,1H3. The molecule has 0 amide bonds. The van der Waals surface area contributed by atoms with Crippen LogP contribution in [-0.4, -0.2) is 41.4 Å². The Morgan fingerprint density at radius 2 is 1.89 bits per heavy atom. The van der Waals surface area contributed by atoms with E-state index in [2.05, 4.69) is 25.5 Å². The van der Waals surface area contributed by atoms with Crippen LogP contribution in [0.2, 0.25) is 5.02 Å². The van der Waals surface area contributed by atoms with E-state index in [-0.39, 0.29) is 17.5 Å². The van der Waals surface area contributed by atoms with Crippen LogP contribution in [0.25, 0.3) is 11.1 Å². The van der Waals surface area contributed by atoms with E-state index in [1.54, 1.807) is 18.2 Å². The molecule has 1 aliphatic heterocycles. The lowest BCUT2D eigenvalue weighted by Crippen LogP contribution is -2.37. The molecule has 0 saturated carbocycles. The first-order valence-corrected chi connectivity index (χ1v) is 12.5. The third-order valence-electron chi connectivity index (χ3n) is 6.13. The molecule has 0 unspecified atom stereocenters. The Kier molecular flexibility index (Phi) is 7.76.